The maximum atomic E-state index is 12.7. The lowest BCUT2D eigenvalue weighted by Gasteiger charge is -2.24. The zero-order valence-corrected chi connectivity index (χ0v) is 13.8. The van der Waals surface area contributed by atoms with E-state index in [1.165, 1.54) is 12.8 Å². The van der Waals surface area contributed by atoms with Gasteiger partial charge in [0.05, 0.1) is 17.6 Å². The highest BCUT2D eigenvalue weighted by atomic mass is 16.5. The Balaban J connectivity index is 1.66. The Hall–Kier alpha value is -1.88. The molecule has 1 aromatic heterocycles. The Morgan fingerprint density at radius 3 is 3.13 bits per heavy atom. The van der Waals surface area contributed by atoms with Crippen molar-refractivity contribution < 1.29 is 9.53 Å². The number of carbonyl (C=O) groups is 1. The van der Waals surface area contributed by atoms with Crippen LogP contribution in [-0.4, -0.2) is 47.8 Å². The Labute approximate surface area is 137 Å². The molecule has 0 spiro atoms. The first-order valence-electron chi connectivity index (χ1n) is 8.46. The molecule has 5 heteroatoms. The van der Waals surface area contributed by atoms with Crippen molar-refractivity contribution in [3.63, 3.8) is 0 Å². The summed E-state index contributed by atoms with van der Waals surface area (Å²) in [4.78, 5) is 14.8. The first-order valence-corrected chi connectivity index (χ1v) is 8.46. The van der Waals surface area contributed by atoms with Crippen LogP contribution in [0.1, 0.15) is 31.4 Å². The highest BCUT2D eigenvalue weighted by Crippen LogP contribution is 2.21. The van der Waals surface area contributed by atoms with Gasteiger partial charge in [0, 0.05) is 32.2 Å². The molecule has 1 aromatic carbocycles. The van der Waals surface area contributed by atoms with Crippen LogP contribution in [0.15, 0.2) is 24.3 Å². The molecule has 0 bridgehead atoms. The van der Waals surface area contributed by atoms with Crippen molar-refractivity contribution >= 4 is 16.8 Å². The number of methoxy groups -OCH3 is 1. The van der Waals surface area contributed by atoms with E-state index in [4.69, 9.17) is 4.74 Å². The summed E-state index contributed by atoms with van der Waals surface area (Å²) in [6.45, 7) is 2.50. The molecule has 0 aliphatic carbocycles. The average molecular weight is 315 g/mol. The van der Waals surface area contributed by atoms with Gasteiger partial charge >= 0.3 is 0 Å². The molecule has 0 radical (unpaired) electrons. The van der Waals surface area contributed by atoms with Gasteiger partial charge in [0.25, 0.3) is 0 Å². The van der Waals surface area contributed by atoms with Crippen molar-refractivity contribution in [2.24, 2.45) is 5.92 Å². The topological polar surface area (TPSA) is 58.2 Å². The molecule has 3 rings (SSSR count). The normalized spacial score (nSPS) is 19.0. The number of fused-ring (bicyclic) bond motifs is 1. The molecule has 0 saturated carbocycles. The number of rotatable bonds is 5. The van der Waals surface area contributed by atoms with Gasteiger partial charge in [0.15, 0.2) is 0 Å². The number of benzene rings is 1. The molecular weight excluding hydrogens is 290 g/mol. The fourth-order valence-corrected chi connectivity index (χ4v) is 3.39. The quantitative estimate of drug-likeness (QED) is 0.923. The lowest BCUT2D eigenvalue weighted by molar-refractivity contribution is -0.131. The van der Waals surface area contributed by atoms with Crippen LogP contribution < -0.4 is 0 Å². The number of likely N-dealkylation sites (tertiary alicyclic amines) is 1. The monoisotopic (exact) mass is 315 g/mol. The third-order valence-electron chi connectivity index (χ3n) is 4.72. The lowest BCUT2D eigenvalue weighted by atomic mass is 10.00. The highest BCUT2D eigenvalue weighted by molar-refractivity contribution is 5.87. The number of carbonyl (C=O) groups excluding carboxylic acids is 1. The van der Waals surface area contributed by atoms with E-state index in [1.54, 1.807) is 7.11 Å². The molecule has 2 heterocycles. The first kappa shape index (κ1) is 16.0. The molecule has 1 unspecified atom stereocenters. The average Bonchev–Trinajstić information content (AvgIpc) is 2.82. The zero-order valence-electron chi connectivity index (χ0n) is 13.8. The molecule has 1 saturated heterocycles. The largest absolute Gasteiger partial charge is 0.385 e. The SMILES string of the molecule is COCCC1CCCCN(C(=O)Cc2[nH]nc3ccccc23)C1. The van der Waals surface area contributed by atoms with E-state index in [0.717, 1.165) is 49.1 Å². The van der Waals surface area contributed by atoms with E-state index < -0.39 is 0 Å². The van der Waals surface area contributed by atoms with Crippen LogP contribution in [-0.2, 0) is 16.0 Å². The van der Waals surface area contributed by atoms with Crippen LogP contribution in [0.25, 0.3) is 10.9 Å². The number of aromatic amines is 1. The summed E-state index contributed by atoms with van der Waals surface area (Å²) in [5.41, 5.74) is 1.84. The Morgan fingerprint density at radius 2 is 2.26 bits per heavy atom. The zero-order chi connectivity index (χ0) is 16.1. The van der Waals surface area contributed by atoms with E-state index in [2.05, 4.69) is 10.2 Å². The summed E-state index contributed by atoms with van der Waals surface area (Å²) in [5.74, 6) is 0.753. The standard InChI is InChI=1S/C18H25N3O2/c1-23-11-9-14-6-4-5-10-21(13-14)18(22)12-17-15-7-2-3-8-16(15)19-20-17/h2-3,7-8,14H,4-6,9-13H2,1H3,(H,19,20). The van der Waals surface area contributed by atoms with Gasteiger partial charge in [-0.2, -0.15) is 5.10 Å². The minimum atomic E-state index is 0.198. The molecule has 1 aliphatic rings. The van der Waals surface area contributed by atoms with Gasteiger partial charge in [-0.3, -0.25) is 9.89 Å². The predicted octanol–water partition coefficient (Wildman–Crippen LogP) is 2.77. The summed E-state index contributed by atoms with van der Waals surface area (Å²) in [5, 5.41) is 8.35. The van der Waals surface area contributed by atoms with Gasteiger partial charge < -0.3 is 9.64 Å². The first-order chi connectivity index (χ1) is 11.3. The van der Waals surface area contributed by atoms with Gasteiger partial charge in [-0.1, -0.05) is 24.6 Å². The van der Waals surface area contributed by atoms with E-state index in [-0.39, 0.29) is 5.91 Å². The fraction of sp³-hybridized carbons (Fsp3) is 0.556. The molecule has 1 aliphatic heterocycles. The molecule has 1 N–H and O–H groups in total. The number of hydrogen-bond acceptors (Lipinski definition) is 3. The van der Waals surface area contributed by atoms with Gasteiger partial charge in [0.2, 0.25) is 5.91 Å². The van der Waals surface area contributed by atoms with Crippen molar-refractivity contribution in [2.75, 3.05) is 26.8 Å². The number of nitrogens with one attached hydrogen (secondary N) is 1. The predicted molar refractivity (Wildman–Crippen MR) is 90.2 cm³/mol. The van der Waals surface area contributed by atoms with E-state index >= 15 is 0 Å². The summed E-state index contributed by atoms with van der Waals surface area (Å²) in [6.07, 6.45) is 4.93. The van der Waals surface area contributed by atoms with Gasteiger partial charge in [-0.05, 0) is 31.2 Å². The number of ether oxygens (including phenoxy) is 1. The van der Waals surface area contributed by atoms with E-state index in [1.807, 2.05) is 29.2 Å². The molecule has 5 nitrogen and oxygen atoms in total. The number of aromatic nitrogens is 2. The smallest absolute Gasteiger partial charge is 0.228 e. The minimum absolute atomic E-state index is 0.198. The van der Waals surface area contributed by atoms with Crippen LogP contribution in [0.4, 0.5) is 0 Å². The number of para-hydroxylation sites is 1. The third kappa shape index (κ3) is 3.91. The van der Waals surface area contributed by atoms with Crippen LogP contribution in [0.3, 0.4) is 0 Å². The van der Waals surface area contributed by atoms with E-state index in [0.29, 0.717) is 12.3 Å². The molecule has 23 heavy (non-hydrogen) atoms. The Morgan fingerprint density at radius 1 is 1.39 bits per heavy atom. The molecular formula is C18H25N3O2. The van der Waals surface area contributed by atoms with Crippen molar-refractivity contribution in [1.29, 1.82) is 0 Å². The van der Waals surface area contributed by atoms with Crippen LogP contribution in [0, 0.1) is 5.92 Å². The van der Waals surface area contributed by atoms with Crippen molar-refractivity contribution in [1.82, 2.24) is 15.1 Å². The molecule has 1 atom stereocenters. The maximum Gasteiger partial charge on any atom is 0.228 e. The number of H-pyrrole nitrogens is 1. The fourth-order valence-electron chi connectivity index (χ4n) is 3.39. The highest BCUT2D eigenvalue weighted by Gasteiger charge is 2.22. The van der Waals surface area contributed by atoms with Crippen LogP contribution >= 0.6 is 0 Å². The third-order valence-corrected chi connectivity index (χ3v) is 4.72. The number of hydrogen-bond donors (Lipinski definition) is 1. The molecule has 1 fully saturated rings. The van der Waals surface area contributed by atoms with Crippen molar-refractivity contribution in [3.05, 3.63) is 30.0 Å². The summed E-state index contributed by atoms with van der Waals surface area (Å²) in [6, 6.07) is 7.93. The minimum Gasteiger partial charge on any atom is -0.385 e. The van der Waals surface area contributed by atoms with Gasteiger partial charge in [-0.15, -0.1) is 0 Å². The van der Waals surface area contributed by atoms with Gasteiger partial charge in [-0.25, -0.2) is 0 Å². The second kappa shape index (κ2) is 7.59. The molecule has 2 aromatic rings. The van der Waals surface area contributed by atoms with Crippen LogP contribution in [0.2, 0.25) is 0 Å². The maximum absolute atomic E-state index is 12.7. The second-order valence-electron chi connectivity index (χ2n) is 6.38. The molecule has 124 valence electrons. The lowest BCUT2D eigenvalue weighted by Crippen LogP contribution is -2.36. The number of nitrogens with zero attached hydrogens (tertiary/aromatic N) is 2. The van der Waals surface area contributed by atoms with E-state index in [9.17, 15) is 4.79 Å². The van der Waals surface area contributed by atoms with Crippen molar-refractivity contribution in [3.8, 4) is 0 Å². The number of amides is 1. The molecule has 1 amide bonds. The summed E-state index contributed by atoms with van der Waals surface area (Å²) in [7, 11) is 1.74. The Kier molecular flexibility index (Phi) is 5.28. The van der Waals surface area contributed by atoms with Crippen LogP contribution in [0.5, 0.6) is 0 Å². The van der Waals surface area contributed by atoms with Gasteiger partial charge in [0.1, 0.15) is 0 Å². The summed E-state index contributed by atoms with van der Waals surface area (Å²) >= 11 is 0. The summed E-state index contributed by atoms with van der Waals surface area (Å²) < 4.78 is 5.20. The second-order valence-corrected chi connectivity index (χ2v) is 6.38. The Bertz CT molecular complexity index is 653. The van der Waals surface area contributed by atoms with Crippen molar-refractivity contribution in [2.45, 2.75) is 32.1 Å².